The van der Waals surface area contributed by atoms with Crippen LogP contribution in [0.4, 0.5) is 0 Å². The molecule has 0 bridgehead atoms. The Hall–Kier alpha value is -0.320. The summed E-state index contributed by atoms with van der Waals surface area (Å²) in [5.74, 6) is 8.31. The summed E-state index contributed by atoms with van der Waals surface area (Å²) in [5, 5.41) is 0. The van der Waals surface area contributed by atoms with E-state index in [1.807, 2.05) is 0 Å². The SMILES string of the molecule is CC[N+]1(CC2CCC(C[N+]3(CC)CCCC3)CC2)CCCC1.CC[N+]1(CC2CCC(C[N+]3(CC)CCCCC3)CC2)CCCCC1.C[N+]1(CC2CCC(C[N+]3(C)CCCC3)CC2)CCCC1.C[N+]1(CC2CCC(C[N+]3(C)CCCCC3)CC2)CCCCC1. The van der Waals surface area contributed by atoms with Gasteiger partial charge in [-0.05, 0) is 207 Å². The van der Waals surface area contributed by atoms with Gasteiger partial charge in [-0.15, -0.1) is 0 Å². The normalized spacial score (nSPS) is 34.6. The third-order valence-electron chi connectivity index (χ3n) is 29.6. The van der Waals surface area contributed by atoms with E-state index in [1.165, 1.54) is 450 Å². The van der Waals surface area contributed by atoms with Crippen molar-refractivity contribution in [3.8, 4) is 0 Å². The zero-order valence-electron chi connectivity index (χ0n) is 61.5. The standard InChI is InChI=1S/C22H44N2.2C20H40N2.C18H36N2/c1-3-23(15-7-5-8-16-23)19-21-11-13-22(14-12-21)20-24(4-2)17-9-6-10-18-24;1-21(13-5-3-6-14-21)17-19-9-11-20(12-10-19)18-22(2)15-7-4-8-16-22;1-3-21(13-5-6-14-21)17-19-9-11-20(12-10-19)18-22(4-2)15-7-8-16-22;1-19(11-3-4-12-19)15-17-7-9-18(10-8-17)16-20(2)13-5-6-14-20/h21-22H,3-20H2,1-2H3;2*19-20H,3-18H2,1-2H3;17-18H,3-16H2,1-2H3/q4*+2. The summed E-state index contributed by atoms with van der Waals surface area (Å²) < 4.78 is 11.4. The molecule has 8 saturated heterocycles. The fourth-order valence-electron chi connectivity index (χ4n) is 23.4. The van der Waals surface area contributed by atoms with Gasteiger partial charge in [0, 0.05) is 98.7 Å². The molecule has 12 fully saturated rings. The first-order valence-corrected chi connectivity index (χ1v) is 41.3. The van der Waals surface area contributed by atoms with E-state index in [1.54, 1.807) is 0 Å². The fourth-order valence-corrected chi connectivity index (χ4v) is 23.4. The Bertz CT molecular complexity index is 1730. The van der Waals surface area contributed by atoms with Crippen LogP contribution in [0.15, 0.2) is 0 Å². The van der Waals surface area contributed by atoms with Crippen molar-refractivity contribution in [1.29, 1.82) is 0 Å². The molecule has 0 aromatic carbocycles. The van der Waals surface area contributed by atoms with Gasteiger partial charge in [-0.1, -0.05) is 0 Å². The largest absolute Gasteiger partial charge is 0.326 e. The Balaban J connectivity index is 0.000000140. The van der Waals surface area contributed by atoms with Gasteiger partial charge in [0.25, 0.3) is 0 Å². The van der Waals surface area contributed by atoms with E-state index < -0.39 is 0 Å². The molecule has 4 saturated carbocycles. The van der Waals surface area contributed by atoms with Gasteiger partial charge in [0.15, 0.2) is 0 Å². The molecule has 8 heterocycles. The van der Waals surface area contributed by atoms with Crippen LogP contribution in [-0.4, -0.2) is 247 Å². The molecule has 0 unspecified atom stereocenters. The van der Waals surface area contributed by atoms with E-state index in [0.717, 1.165) is 47.3 Å². The van der Waals surface area contributed by atoms with Crippen LogP contribution in [0.2, 0.25) is 0 Å². The van der Waals surface area contributed by atoms with Crippen LogP contribution < -0.4 is 0 Å². The van der Waals surface area contributed by atoms with Crippen molar-refractivity contribution >= 4 is 0 Å². The van der Waals surface area contributed by atoms with Crippen LogP contribution in [0.5, 0.6) is 0 Å². The Morgan fingerprint density at radius 2 is 0.295 bits per heavy atom. The maximum atomic E-state index is 2.53. The van der Waals surface area contributed by atoms with Crippen molar-refractivity contribution in [2.24, 2.45) is 47.3 Å². The molecule has 0 amide bonds. The summed E-state index contributed by atoms with van der Waals surface area (Å²) in [5.41, 5.74) is 0. The summed E-state index contributed by atoms with van der Waals surface area (Å²) in [6, 6.07) is 0. The predicted molar refractivity (Wildman–Crippen MR) is 379 cm³/mol. The molecular formula is C80H160N8+8. The fraction of sp³-hybridized carbons (Fsp3) is 1.00. The summed E-state index contributed by atoms with van der Waals surface area (Å²) in [6.45, 7) is 50.7. The lowest BCUT2D eigenvalue weighted by atomic mass is 9.80. The number of nitrogens with zero attached hydrogens (tertiary/aromatic N) is 8. The average Bonchev–Trinajstić information content (AvgIpc) is 4.16. The first-order chi connectivity index (χ1) is 42.5. The Morgan fingerprint density at radius 1 is 0.170 bits per heavy atom. The molecule has 4 aliphatic carbocycles. The van der Waals surface area contributed by atoms with Crippen molar-refractivity contribution in [2.45, 2.75) is 259 Å². The molecule has 12 aliphatic rings. The molecule has 0 radical (unpaired) electrons. The second kappa shape index (κ2) is 34.6. The number of hydrogen-bond donors (Lipinski definition) is 0. The third-order valence-corrected chi connectivity index (χ3v) is 29.6. The number of piperidine rings is 4. The number of likely N-dealkylation sites (tertiary alicyclic amines) is 8. The summed E-state index contributed by atoms with van der Waals surface area (Å²) in [6.07, 6.45) is 54.1. The van der Waals surface area contributed by atoms with Gasteiger partial charge in [0.2, 0.25) is 0 Å². The minimum atomic E-state index is 1.03. The smallest absolute Gasteiger partial charge is 0.0815 e. The highest BCUT2D eigenvalue weighted by Gasteiger charge is 2.42. The van der Waals surface area contributed by atoms with Crippen molar-refractivity contribution in [3.63, 3.8) is 0 Å². The zero-order valence-corrected chi connectivity index (χ0v) is 61.5. The first-order valence-electron chi connectivity index (χ1n) is 41.3. The van der Waals surface area contributed by atoms with Gasteiger partial charge in [-0.25, -0.2) is 0 Å². The zero-order chi connectivity index (χ0) is 61.9. The minimum absolute atomic E-state index is 1.03. The average molecular weight is 1230 g/mol. The molecule has 0 N–H and O–H groups in total. The highest BCUT2D eigenvalue weighted by molar-refractivity contribution is 4.79. The van der Waals surface area contributed by atoms with Gasteiger partial charge in [-0.3, -0.25) is 0 Å². The topological polar surface area (TPSA) is 0 Å². The second-order valence-electron chi connectivity index (χ2n) is 36.8. The molecule has 12 rings (SSSR count). The number of quaternary nitrogens is 8. The Labute approximate surface area is 550 Å². The summed E-state index contributed by atoms with van der Waals surface area (Å²) >= 11 is 0. The van der Waals surface area contributed by atoms with Crippen molar-refractivity contribution in [3.05, 3.63) is 0 Å². The molecule has 0 spiro atoms. The van der Waals surface area contributed by atoms with Crippen LogP contribution in [0.25, 0.3) is 0 Å². The molecular weight excluding hydrogens is 1070 g/mol. The Kier molecular flexibility index (Phi) is 28.3. The molecule has 8 nitrogen and oxygen atoms in total. The van der Waals surface area contributed by atoms with E-state index >= 15 is 0 Å². The van der Waals surface area contributed by atoms with Crippen LogP contribution in [0.1, 0.15) is 259 Å². The summed E-state index contributed by atoms with van der Waals surface area (Å²) in [4.78, 5) is 0. The summed E-state index contributed by atoms with van der Waals surface area (Å²) in [7, 11) is 10.1. The molecule has 8 heteroatoms. The van der Waals surface area contributed by atoms with Crippen molar-refractivity contribution < 1.29 is 35.9 Å². The van der Waals surface area contributed by atoms with E-state index in [-0.39, 0.29) is 0 Å². The third kappa shape index (κ3) is 21.9. The molecule has 0 atom stereocenters. The van der Waals surface area contributed by atoms with Crippen LogP contribution in [0.3, 0.4) is 0 Å². The van der Waals surface area contributed by atoms with Gasteiger partial charge >= 0.3 is 0 Å². The molecule has 8 aliphatic heterocycles. The highest BCUT2D eigenvalue weighted by atomic mass is 15.4. The van der Waals surface area contributed by atoms with E-state index in [4.69, 9.17) is 0 Å². The van der Waals surface area contributed by atoms with Gasteiger partial charge in [-0.2, -0.15) is 0 Å². The van der Waals surface area contributed by atoms with Crippen LogP contribution in [0, 0.1) is 47.3 Å². The molecule has 512 valence electrons. The van der Waals surface area contributed by atoms with Gasteiger partial charge in [0.05, 0.1) is 211 Å². The first kappa shape index (κ1) is 72.0. The Morgan fingerprint density at radius 3 is 0.455 bits per heavy atom. The molecule has 0 aromatic rings. The quantitative estimate of drug-likeness (QED) is 0.107. The lowest BCUT2D eigenvalue weighted by Crippen LogP contribution is -2.55. The lowest BCUT2D eigenvalue weighted by molar-refractivity contribution is -0.935. The van der Waals surface area contributed by atoms with Crippen LogP contribution in [-0.2, 0) is 0 Å². The van der Waals surface area contributed by atoms with Crippen molar-refractivity contribution in [1.82, 2.24) is 0 Å². The maximum Gasteiger partial charge on any atom is 0.0815 e. The van der Waals surface area contributed by atoms with E-state index in [0.29, 0.717) is 0 Å². The second-order valence-corrected chi connectivity index (χ2v) is 36.8. The molecule has 0 aromatic heterocycles. The lowest BCUT2D eigenvalue weighted by Gasteiger charge is -2.46. The number of hydrogen-bond acceptors (Lipinski definition) is 0. The number of rotatable bonds is 20. The highest BCUT2D eigenvalue weighted by Crippen LogP contribution is 2.39. The van der Waals surface area contributed by atoms with Crippen molar-refractivity contribution in [2.75, 3.05) is 211 Å². The molecule has 88 heavy (non-hydrogen) atoms. The van der Waals surface area contributed by atoms with Gasteiger partial charge < -0.3 is 35.9 Å². The van der Waals surface area contributed by atoms with Crippen LogP contribution >= 0.6 is 0 Å². The van der Waals surface area contributed by atoms with Gasteiger partial charge in [0.1, 0.15) is 0 Å². The minimum Gasteiger partial charge on any atom is -0.326 e. The monoisotopic (exact) mass is 1230 g/mol. The maximum absolute atomic E-state index is 2.53. The van der Waals surface area contributed by atoms with E-state index in [2.05, 4.69) is 55.9 Å². The van der Waals surface area contributed by atoms with E-state index in [9.17, 15) is 0 Å². The predicted octanol–water partition coefficient (Wildman–Crippen LogP) is 16.2.